The molecule has 0 aliphatic carbocycles. The van der Waals surface area contributed by atoms with Gasteiger partial charge in [0.25, 0.3) is 0 Å². The smallest absolute Gasteiger partial charge is 0.0598 e. The first-order chi connectivity index (χ1) is 5.47. The van der Waals surface area contributed by atoms with E-state index in [2.05, 4.69) is 32.7 Å². The van der Waals surface area contributed by atoms with Crippen LogP contribution in [-0.4, -0.2) is 37.2 Å². The monoisotopic (exact) mass is 171 g/mol. The summed E-state index contributed by atoms with van der Waals surface area (Å²) in [6.45, 7) is 9.77. The van der Waals surface area contributed by atoms with E-state index >= 15 is 0 Å². The van der Waals surface area contributed by atoms with Crippen molar-refractivity contribution in [2.75, 3.05) is 26.7 Å². The van der Waals surface area contributed by atoms with Gasteiger partial charge in [-0.15, -0.1) is 0 Å². The summed E-state index contributed by atoms with van der Waals surface area (Å²) in [6, 6.07) is 0. The van der Waals surface area contributed by atoms with Crippen LogP contribution in [-0.2, 0) is 4.74 Å². The molecule has 0 aromatic rings. The van der Waals surface area contributed by atoms with Crippen molar-refractivity contribution in [3.8, 4) is 0 Å². The SMILES string of the molecule is CN1CC(CCOC(C)(C)C)C1. The fourth-order valence-corrected chi connectivity index (χ4v) is 1.54. The molecule has 0 radical (unpaired) electrons. The van der Waals surface area contributed by atoms with Crippen molar-refractivity contribution in [3.63, 3.8) is 0 Å². The zero-order valence-electron chi connectivity index (χ0n) is 8.76. The molecule has 1 saturated heterocycles. The Kier molecular flexibility index (Phi) is 3.13. The highest BCUT2D eigenvalue weighted by Gasteiger charge is 2.23. The number of hydrogen-bond donors (Lipinski definition) is 0. The Bertz CT molecular complexity index is 133. The average Bonchev–Trinajstić information content (AvgIpc) is 1.81. The third kappa shape index (κ3) is 3.55. The minimum Gasteiger partial charge on any atom is -0.376 e. The lowest BCUT2D eigenvalue weighted by atomic mass is 9.98. The molecule has 0 aromatic heterocycles. The molecule has 1 fully saturated rings. The predicted octanol–water partition coefficient (Wildman–Crippen LogP) is 1.75. The van der Waals surface area contributed by atoms with Gasteiger partial charge in [0, 0.05) is 19.7 Å². The summed E-state index contributed by atoms with van der Waals surface area (Å²) in [7, 11) is 2.17. The first-order valence-electron chi connectivity index (χ1n) is 4.80. The van der Waals surface area contributed by atoms with Crippen molar-refractivity contribution in [2.45, 2.75) is 32.8 Å². The quantitative estimate of drug-likeness (QED) is 0.641. The zero-order chi connectivity index (χ0) is 9.19. The van der Waals surface area contributed by atoms with Crippen LogP contribution >= 0.6 is 0 Å². The lowest BCUT2D eigenvalue weighted by Gasteiger charge is -2.36. The van der Waals surface area contributed by atoms with Gasteiger partial charge in [0.05, 0.1) is 5.60 Å². The maximum atomic E-state index is 5.65. The number of nitrogens with zero attached hydrogens (tertiary/aromatic N) is 1. The molecule has 0 atom stereocenters. The summed E-state index contributed by atoms with van der Waals surface area (Å²) in [6.07, 6.45) is 1.22. The Morgan fingerprint density at radius 3 is 2.33 bits per heavy atom. The molecule has 2 heteroatoms. The van der Waals surface area contributed by atoms with E-state index in [1.165, 1.54) is 19.5 Å². The Morgan fingerprint density at radius 1 is 1.33 bits per heavy atom. The van der Waals surface area contributed by atoms with Crippen molar-refractivity contribution in [1.29, 1.82) is 0 Å². The molecule has 1 aliphatic heterocycles. The second kappa shape index (κ2) is 3.75. The van der Waals surface area contributed by atoms with E-state index < -0.39 is 0 Å². The Balaban J connectivity index is 1.97. The van der Waals surface area contributed by atoms with Crippen LogP contribution in [0.2, 0.25) is 0 Å². The van der Waals surface area contributed by atoms with Gasteiger partial charge < -0.3 is 9.64 Å². The second-order valence-corrected chi connectivity index (χ2v) is 4.84. The molecule has 12 heavy (non-hydrogen) atoms. The van der Waals surface area contributed by atoms with E-state index in [9.17, 15) is 0 Å². The van der Waals surface area contributed by atoms with Gasteiger partial charge in [-0.1, -0.05) is 0 Å². The van der Waals surface area contributed by atoms with E-state index in [1.54, 1.807) is 0 Å². The van der Waals surface area contributed by atoms with Crippen LogP contribution < -0.4 is 0 Å². The summed E-state index contributed by atoms with van der Waals surface area (Å²) in [5, 5.41) is 0. The van der Waals surface area contributed by atoms with Crippen molar-refractivity contribution < 1.29 is 4.74 Å². The summed E-state index contributed by atoms with van der Waals surface area (Å²) < 4.78 is 5.65. The minimum atomic E-state index is 0.0374. The highest BCUT2D eigenvalue weighted by molar-refractivity contribution is 4.76. The molecule has 0 spiro atoms. The molecule has 0 saturated carbocycles. The van der Waals surface area contributed by atoms with Crippen molar-refractivity contribution in [1.82, 2.24) is 4.90 Å². The Labute approximate surface area is 75.9 Å². The number of likely N-dealkylation sites (tertiary alicyclic amines) is 1. The van der Waals surface area contributed by atoms with Crippen LogP contribution in [0.25, 0.3) is 0 Å². The Morgan fingerprint density at radius 2 is 1.92 bits per heavy atom. The standard InChI is InChI=1S/C10H21NO/c1-10(2,3)12-6-5-9-7-11(4)8-9/h9H,5-8H2,1-4H3. The third-order valence-electron chi connectivity index (χ3n) is 2.20. The van der Waals surface area contributed by atoms with Crippen LogP contribution in [0, 0.1) is 5.92 Å². The molecular formula is C10H21NO. The normalized spacial score (nSPS) is 21.0. The molecule has 0 N–H and O–H groups in total. The summed E-state index contributed by atoms with van der Waals surface area (Å²) in [5.41, 5.74) is 0.0374. The van der Waals surface area contributed by atoms with Gasteiger partial charge in [-0.05, 0) is 40.2 Å². The van der Waals surface area contributed by atoms with Crippen molar-refractivity contribution >= 4 is 0 Å². The van der Waals surface area contributed by atoms with Crippen LogP contribution in [0.5, 0.6) is 0 Å². The van der Waals surface area contributed by atoms with Crippen molar-refractivity contribution in [3.05, 3.63) is 0 Å². The van der Waals surface area contributed by atoms with Gasteiger partial charge in [-0.2, -0.15) is 0 Å². The average molecular weight is 171 g/mol. The predicted molar refractivity (Wildman–Crippen MR) is 51.3 cm³/mol. The third-order valence-corrected chi connectivity index (χ3v) is 2.20. The minimum absolute atomic E-state index is 0.0374. The Hall–Kier alpha value is -0.0800. The molecule has 0 bridgehead atoms. The van der Waals surface area contributed by atoms with Gasteiger partial charge in [0.1, 0.15) is 0 Å². The molecule has 2 nitrogen and oxygen atoms in total. The number of rotatable bonds is 3. The van der Waals surface area contributed by atoms with Crippen molar-refractivity contribution in [2.24, 2.45) is 5.92 Å². The second-order valence-electron chi connectivity index (χ2n) is 4.84. The first-order valence-corrected chi connectivity index (χ1v) is 4.80. The molecular weight excluding hydrogens is 150 g/mol. The summed E-state index contributed by atoms with van der Waals surface area (Å²) >= 11 is 0. The van der Waals surface area contributed by atoms with Crippen LogP contribution in [0.4, 0.5) is 0 Å². The van der Waals surface area contributed by atoms with Gasteiger partial charge in [-0.3, -0.25) is 0 Å². The zero-order valence-corrected chi connectivity index (χ0v) is 8.76. The molecule has 1 rings (SSSR count). The van der Waals surface area contributed by atoms with Crippen LogP contribution in [0.15, 0.2) is 0 Å². The summed E-state index contributed by atoms with van der Waals surface area (Å²) in [5.74, 6) is 0.886. The molecule has 72 valence electrons. The lowest BCUT2D eigenvalue weighted by molar-refractivity contribution is -0.0198. The maximum absolute atomic E-state index is 5.65. The summed E-state index contributed by atoms with van der Waals surface area (Å²) in [4.78, 5) is 2.35. The fraction of sp³-hybridized carbons (Fsp3) is 1.00. The van der Waals surface area contributed by atoms with Crippen LogP contribution in [0.3, 0.4) is 0 Å². The van der Waals surface area contributed by atoms with Gasteiger partial charge in [-0.25, -0.2) is 0 Å². The first kappa shape index (κ1) is 10.0. The maximum Gasteiger partial charge on any atom is 0.0598 e. The number of ether oxygens (including phenoxy) is 1. The highest BCUT2D eigenvalue weighted by atomic mass is 16.5. The molecule has 1 aliphatic rings. The number of hydrogen-bond acceptors (Lipinski definition) is 2. The fourth-order valence-electron chi connectivity index (χ4n) is 1.54. The highest BCUT2D eigenvalue weighted by Crippen LogP contribution is 2.18. The van der Waals surface area contributed by atoms with Gasteiger partial charge in [0.15, 0.2) is 0 Å². The molecule has 0 amide bonds. The lowest BCUT2D eigenvalue weighted by Crippen LogP contribution is -2.44. The van der Waals surface area contributed by atoms with Gasteiger partial charge in [0.2, 0.25) is 0 Å². The molecule has 1 heterocycles. The van der Waals surface area contributed by atoms with E-state index in [1.807, 2.05) is 0 Å². The van der Waals surface area contributed by atoms with Gasteiger partial charge >= 0.3 is 0 Å². The molecule has 0 aromatic carbocycles. The molecule has 0 unspecified atom stereocenters. The van der Waals surface area contributed by atoms with E-state index in [4.69, 9.17) is 4.74 Å². The topological polar surface area (TPSA) is 12.5 Å². The van der Waals surface area contributed by atoms with E-state index in [0.29, 0.717) is 0 Å². The largest absolute Gasteiger partial charge is 0.376 e. The van der Waals surface area contributed by atoms with Crippen LogP contribution in [0.1, 0.15) is 27.2 Å². The van der Waals surface area contributed by atoms with E-state index in [-0.39, 0.29) is 5.60 Å². The van der Waals surface area contributed by atoms with E-state index in [0.717, 1.165) is 12.5 Å².